The second kappa shape index (κ2) is 7.77. The second-order valence-electron chi connectivity index (χ2n) is 8.38. The molecule has 3 atom stereocenters. The molecule has 1 amide bonds. The van der Waals surface area contributed by atoms with E-state index in [9.17, 15) is 4.79 Å². The molecule has 0 spiro atoms. The largest absolute Gasteiger partial charge is 0.444 e. The third-order valence-electron chi connectivity index (χ3n) is 5.28. The zero-order chi connectivity index (χ0) is 17.9. The molecule has 0 aromatic carbocycles. The van der Waals surface area contributed by atoms with Gasteiger partial charge in [-0.2, -0.15) is 5.10 Å². The maximum atomic E-state index is 12.5. The van der Waals surface area contributed by atoms with Gasteiger partial charge in [0.05, 0.1) is 6.54 Å². The molecule has 1 aliphatic heterocycles. The van der Waals surface area contributed by atoms with E-state index in [1.807, 2.05) is 48.8 Å². The highest BCUT2D eigenvalue weighted by molar-refractivity contribution is 5.68. The van der Waals surface area contributed by atoms with Crippen LogP contribution in [0.25, 0.3) is 0 Å². The first-order chi connectivity index (χ1) is 11.9. The first-order valence-corrected chi connectivity index (χ1v) is 9.63. The minimum atomic E-state index is -0.421. The predicted molar refractivity (Wildman–Crippen MR) is 97.3 cm³/mol. The van der Waals surface area contributed by atoms with Gasteiger partial charge in [0.2, 0.25) is 0 Å². The van der Waals surface area contributed by atoms with E-state index < -0.39 is 5.60 Å². The van der Waals surface area contributed by atoms with Crippen molar-refractivity contribution in [2.75, 3.05) is 13.1 Å². The van der Waals surface area contributed by atoms with Crippen LogP contribution < -0.4 is 5.32 Å². The molecule has 1 saturated heterocycles. The van der Waals surface area contributed by atoms with E-state index in [1.165, 1.54) is 6.42 Å². The summed E-state index contributed by atoms with van der Waals surface area (Å²) < 4.78 is 7.58. The Morgan fingerprint density at radius 1 is 1.32 bits per heavy atom. The number of rotatable bonds is 4. The van der Waals surface area contributed by atoms with E-state index in [1.54, 1.807) is 0 Å². The molecule has 1 aliphatic carbocycles. The third-order valence-corrected chi connectivity index (χ3v) is 5.28. The number of ether oxygens (including phenoxy) is 1. The Hall–Kier alpha value is -1.56. The fraction of sp³-hybridized carbons (Fsp3) is 0.789. The lowest BCUT2D eigenvalue weighted by atomic mass is 9.76. The van der Waals surface area contributed by atoms with Crippen molar-refractivity contribution >= 4 is 6.09 Å². The van der Waals surface area contributed by atoms with Gasteiger partial charge in [-0.3, -0.25) is 4.68 Å². The van der Waals surface area contributed by atoms with Crippen molar-refractivity contribution in [2.24, 2.45) is 5.92 Å². The van der Waals surface area contributed by atoms with Crippen molar-refractivity contribution < 1.29 is 9.53 Å². The number of fused-ring (bicyclic) bond motifs is 1. The Morgan fingerprint density at radius 2 is 2.16 bits per heavy atom. The highest BCUT2D eigenvalue weighted by Crippen LogP contribution is 2.36. The Kier molecular flexibility index (Phi) is 5.67. The number of aromatic nitrogens is 2. The van der Waals surface area contributed by atoms with Crippen LogP contribution in [0.1, 0.15) is 52.9 Å². The number of hydrogen-bond acceptors (Lipinski definition) is 4. The van der Waals surface area contributed by atoms with Gasteiger partial charge in [-0.05, 0) is 64.9 Å². The number of likely N-dealkylation sites (tertiary alicyclic amines) is 1. The maximum absolute atomic E-state index is 12.5. The molecule has 0 radical (unpaired) electrons. The van der Waals surface area contributed by atoms with Crippen LogP contribution in [-0.4, -0.2) is 51.5 Å². The molecular weight excluding hydrogens is 316 g/mol. The van der Waals surface area contributed by atoms with E-state index in [0.717, 1.165) is 45.3 Å². The molecule has 1 aromatic rings. The van der Waals surface area contributed by atoms with Crippen molar-refractivity contribution in [1.82, 2.24) is 20.0 Å². The number of amides is 1. The molecule has 1 aromatic heterocycles. The summed E-state index contributed by atoms with van der Waals surface area (Å²) in [4.78, 5) is 14.5. The van der Waals surface area contributed by atoms with Gasteiger partial charge >= 0.3 is 6.09 Å². The smallest absolute Gasteiger partial charge is 0.410 e. The highest BCUT2D eigenvalue weighted by Gasteiger charge is 2.39. The molecule has 2 heterocycles. The average Bonchev–Trinajstić information content (AvgIpc) is 3.06. The minimum Gasteiger partial charge on any atom is -0.444 e. The van der Waals surface area contributed by atoms with E-state index in [-0.39, 0.29) is 6.09 Å². The van der Waals surface area contributed by atoms with Gasteiger partial charge in [0, 0.05) is 37.6 Å². The van der Waals surface area contributed by atoms with Gasteiger partial charge in [-0.1, -0.05) is 0 Å². The summed E-state index contributed by atoms with van der Waals surface area (Å²) in [7, 11) is 0. The molecule has 1 N–H and O–H groups in total. The van der Waals surface area contributed by atoms with Crippen LogP contribution in [0.15, 0.2) is 18.5 Å². The molecular formula is C19H32N4O2. The number of hydrogen-bond donors (Lipinski definition) is 1. The first kappa shape index (κ1) is 18.2. The molecule has 25 heavy (non-hydrogen) atoms. The van der Waals surface area contributed by atoms with Crippen molar-refractivity contribution in [3.8, 4) is 0 Å². The van der Waals surface area contributed by atoms with Crippen LogP contribution in [0.2, 0.25) is 0 Å². The molecule has 1 saturated carbocycles. The summed E-state index contributed by atoms with van der Waals surface area (Å²) in [6.45, 7) is 8.50. The van der Waals surface area contributed by atoms with Crippen LogP contribution in [0.3, 0.4) is 0 Å². The summed E-state index contributed by atoms with van der Waals surface area (Å²) >= 11 is 0. The lowest BCUT2D eigenvalue weighted by molar-refractivity contribution is -0.0101. The van der Waals surface area contributed by atoms with Gasteiger partial charge < -0.3 is 15.0 Å². The first-order valence-electron chi connectivity index (χ1n) is 9.63. The second-order valence-corrected chi connectivity index (χ2v) is 8.38. The Labute approximate surface area is 150 Å². The van der Waals surface area contributed by atoms with Crippen LogP contribution in [0.5, 0.6) is 0 Å². The number of carbonyl (C=O) groups is 1. The molecule has 6 nitrogen and oxygen atoms in total. The van der Waals surface area contributed by atoms with Crippen LogP contribution in [0.4, 0.5) is 4.79 Å². The van der Waals surface area contributed by atoms with Crippen molar-refractivity contribution in [2.45, 2.75) is 77.1 Å². The topological polar surface area (TPSA) is 59.4 Å². The molecule has 140 valence electrons. The Bertz CT molecular complexity index is 552. The molecule has 6 heteroatoms. The number of carbonyl (C=O) groups excluding carboxylic acids is 1. The fourth-order valence-corrected chi connectivity index (χ4v) is 4.21. The maximum Gasteiger partial charge on any atom is 0.410 e. The molecule has 0 bridgehead atoms. The van der Waals surface area contributed by atoms with Crippen molar-refractivity contribution in [3.63, 3.8) is 0 Å². The van der Waals surface area contributed by atoms with Crippen LogP contribution >= 0.6 is 0 Å². The number of piperidine rings is 1. The summed E-state index contributed by atoms with van der Waals surface area (Å²) in [5, 5.41) is 7.92. The Morgan fingerprint density at radius 3 is 2.88 bits per heavy atom. The Balaban J connectivity index is 1.49. The van der Waals surface area contributed by atoms with E-state index in [4.69, 9.17) is 4.74 Å². The SMILES string of the molecule is CC(C)(C)OC(=O)N1CCCC2CC(NCCn3cccn3)CCC21. The number of nitrogens with zero attached hydrogens (tertiary/aromatic N) is 3. The van der Waals surface area contributed by atoms with E-state index >= 15 is 0 Å². The predicted octanol–water partition coefficient (Wildman–Crippen LogP) is 3.04. The highest BCUT2D eigenvalue weighted by atomic mass is 16.6. The van der Waals surface area contributed by atoms with Gasteiger partial charge in [0.25, 0.3) is 0 Å². The standard InChI is InChI=1S/C19H32N4O2/c1-19(2,3)25-18(24)23-12-4-6-15-14-16(7-8-17(15)23)20-10-13-22-11-5-9-21-22/h5,9,11,15-17,20H,4,6-8,10,12-14H2,1-3H3. The monoisotopic (exact) mass is 348 g/mol. The molecule has 3 unspecified atom stereocenters. The van der Waals surface area contributed by atoms with Gasteiger partial charge in [0.15, 0.2) is 0 Å². The average molecular weight is 348 g/mol. The number of nitrogens with one attached hydrogen (secondary N) is 1. The quantitative estimate of drug-likeness (QED) is 0.908. The van der Waals surface area contributed by atoms with E-state index in [2.05, 4.69) is 10.4 Å². The summed E-state index contributed by atoms with van der Waals surface area (Å²) in [6, 6.07) is 2.86. The zero-order valence-electron chi connectivity index (χ0n) is 15.8. The fourth-order valence-electron chi connectivity index (χ4n) is 4.21. The summed E-state index contributed by atoms with van der Waals surface area (Å²) in [6.07, 6.45) is 9.34. The zero-order valence-corrected chi connectivity index (χ0v) is 15.8. The summed E-state index contributed by atoms with van der Waals surface area (Å²) in [5.74, 6) is 0.595. The van der Waals surface area contributed by atoms with Crippen LogP contribution in [0, 0.1) is 5.92 Å². The van der Waals surface area contributed by atoms with Crippen molar-refractivity contribution in [3.05, 3.63) is 18.5 Å². The van der Waals surface area contributed by atoms with Crippen molar-refractivity contribution in [1.29, 1.82) is 0 Å². The van der Waals surface area contributed by atoms with Gasteiger partial charge in [-0.15, -0.1) is 0 Å². The molecule has 3 rings (SSSR count). The normalized spacial score (nSPS) is 27.0. The van der Waals surface area contributed by atoms with E-state index in [0.29, 0.717) is 18.0 Å². The lowest BCUT2D eigenvalue weighted by Gasteiger charge is -2.46. The molecule has 2 fully saturated rings. The lowest BCUT2D eigenvalue weighted by Crippen LogP contribution is -2.54. The van der Waals surface area contributed by atoms with Gasteiger partial charge in [-0.25, -0.2) is 4.79 Å². The summed E-state index contributed by atoms with van der Waals surface area (Å²) in [5.41, 5.74) is -0.421. The molecule has 2 aliphatic rings. The third kappa shape index (κ3) is 4.97. The van der Waals surface area contributed by atoms with Gasteiger partial charge in [0.1, 0.15) is 5.60 Å². The van der Waals surface area contributed by atoms with Crippen LogP contribution in [-0.2, 0) is 11.3 Å². The minimum absolute atomic E-state index is 0.132.